The first-order valence-electron chi connectivity index (χ1n) is 10.8. The standard InChI is InChI=1S/C24H30N4O3S/c1-4-27(32(3,29)30)18-23-22-17-26(16-19-8-6-5-7-9-19)15-14-24(22)28(25-23)20-10-12-21(31-2)13-11-20/h5-13H,4,14-18H2,1-3H3. The first-order valence-corrected chi connectivity index (χ1v) is 12.7. The summed E-state index contributed by atoms with van der Waals surface area (Å²) >= 11 is 0. The molecule has 7 nitrogen and oxygen atoms in total. The fourth-order valence-electron chi connectivity index (χ4n) is 4.21. The second kappa shape index (κ2) is 9.44. The van der Waals surface area contributed by atoms with Crippen molar-refractivity contribution in [2.75, 3.05) is 26.5 Å². The third kappa shape index (κ3) is 4.87. The van der Waals surface area contributed by atoms with Gasteiger partial charge >= 0.3 is 0 Å². The molecule has 1 aliphatic rings. The van der Waals surface area contributed by atoms with Crippen molar-refractivity contribution in [2.24, 2.45) is 0 Å². The first-order chi connectivity index (χ1) is 15.4. The summed E-state index contributed by atoms with van der Waals surface area (Å²) in [5, 5.41) is 4.90. The summed E-state index contributed by atoms with van der Waals surface area (Å²) in [5.41, 5.74) is 5.32. The SMILES string of the molecule is CCN(Cc1nn(-c2ccc(OC)cc2)c2c1CN(Cc1ccccc1)CC2)S(C)(=O)=O. The number of sulfonamides is 1. The number of benzene rings is 2. The van der Waals surface area contributed by atoms with Crippen LogP contribution in [-0.2, 0) is 36.1 Å². The van der Waals surface area contributed by atoms with Crippen LogP contribution in [0.1, 0.15) is 29.4 Å². The van der Waals surface area contributed by atoms with E-state index in [-0.39, 0.29) is 6.54 Å². The summed E-state index contributed by atoms with van der Waals surface area (Å²) in [4.78, 5) is 2.40. The third-order valence-electron chi connectivity index (χ3n) is 5.93. The largest absolute Gasteiger partial charge is 0.497 e. The van der Waals surface area contributed by atoms with E-state index in [0.29, 0.717) is 6.54 Å². The van der Waals surface area contributed by atoms with Crippen molar-refractivity contribution in [3.05, 3.63) is 77.1 Å². The maximum Gasteiger partial charge on any atom is 0.211 e. The zero-order chi connectivity index (χ0) is 22.7. The molecule has 0 aliphatic carbocycles. The highest BCUT2D eigenvalue weighted by Gasteiger charge is 2.28. The van der Waals surface area contributed by atoms with E-state index in [1.54, 1.807) is 7.11 Å². The van der Waals surface area contributed by atoms with Gasteiger partial charge in [-0.1, -0.05) is 37.3 Å². The Bertz CT molecular complexity index is 1160. The molecule has 4 rings (SSSR count). The van der Waals surface area contributed by atoms with Gasteiger partial charge in [-0.15, -0.1) is 0 Å². The van der Waals surface area contributed by atoms with Gasteiger partial charge in [-0.2, -0.15) is 9.40 Å². The Balaban J connectivity index is 1.69. The van der Waals surface area contributed by atoms with Gasteiger partial charge in [0.15, 0.2) is 0 Å². The van der Waals surface area contributed by atoms with Gasteiger partial charge in [-0.25, -0.2) is 13.1 Å². The summed E-state index contributed by atoms with van der Waals surface area (Å²) in [7, 11) is -1.66. The molecule has 0 unspecified atom stereocenters. The van der Waals surface area contributed by atoms with Crippen molar-refractivity contribution < 1.29 is 13.2 Å². The Morgan fingerprint density at radius 3 is 2.44 bits per heavy atom. The number of fused-ring (bicyclic) bond motifs is 1. The lowest BCUT2D eigenvalue weighted by Gasteiger charge is -2.28. The summed E-state index contributed by atoms with van der Waals surface area (Å²) in [6.07, 6.45) is 2.11. The summed E-state index contributed by atoms with van der Waals surface area (Å²) in [6, 6.07) is 18.2. The monoisotopic (exact) mass is 454 g/mol. The molecule has 32 heavy (non-hydrogen) atoms. The molecule has 170 valence electrons. The molecule has 0 atom stereocenters. The first kappa shape index (κ1) is 22.5. The van der Waals surface area contributed by atoms with Crippen molar-refractivity contribution in [3.8, 4) is 11.4 Å². The minimum atomic E-state index is -3.31. The minimum absolute atomic E-state index is 0.278. The lowest BCUT2D eigenvalue weighted by atomic mass is 10.0. The van der Waals surface area contributed by atoms with E-state index in [0.717, 1.165) is 54.4 Å². The normalized spacial score (nSPS) is 14.5. The van der Waals surface area contributed by atoms with Gasteiger partial charge < -0.3 is 4.74 Å². The lowest BCUT2D eigenvalue weighted by Crippen LogP contribution is -2.32. The number of rotatable bonds is 8. The van der Waals surface area contributed by atoms with Crippen molar-refractivity contribution in [1.29, 1.82) is 0 Å². The Kier molecular flexibility index (Phi) is 6.64. The lowest BCUT2D eigenvalue weighted by molar-refractivity contribution is 0.242. The van der Waals surface area contributed by atoms with Crippen LogP contribution in [0.2, 0.25) is 0 Å². The van der Waals surface area contributed by atoms with Crippen LogP contribution in [0.25, 0.3) is 5.69 Å². The van der Waals surface area contributed by atoms with Crippen LogP contribution < -0.4 is 4.74 Å². The van der Waals surface area contributed by atoms with Gasteiger partial charge in [-0.05, 0) is 29.8 Å². The van der Waals surface area contributed by atoms with Crippen LogP contribution in [0.15, 0.2) is 54.6 Å². The molecular weight excluding hydrogens is 424 g/mol. The van der Waals surface area contributed by atoms with E-state index in [9.17, 15) is 8.42 Å². The van der Waals surface area contributed by atoms with Crippen molar-refractivity contribution >= 4 is 10.0 Å². The fraction of sp³-hybridized carbons (Fsp3) is 0.375. The van der Waals surface area contributed by atoms with Crippen LogP contribution in [0.3, 0.4) is 0 Å². The molecule has 0 amide bonds. The van der Waals surface area contributed by atoms with Crippen LogP contribution in [0.5, 0.6) is 5.75 Å². The zero-order valence-electron chi connectivity index (χ0n) is 18.9. The Labute approximate surface area is 190 Å². The molecule has 3 aromatic rings. The highest BCUT2D eigenvalue weighted by atomic mass is 32.2. The van der Waals surface area contributed by atoms with Gasteiger partial charge in [-0.3, -0.25) is 4.90 Å². The Morgan fingerprint density at radius 2 is 1.81 bits per heavy atom. The second-order valence-electron chi connectivity index (χ2n) is 8.12. The second-order valence-corrected chi connectivity index (χ2v) is 10.1. The molecule has 0 radical (unpaired) electrons. The van der Waals surface area contributed by atoms with E-state index < -0.39 is 10.0 Å². The third-order valence-corrected chi connectivity index (χ3v) is 7.26. The number of aromatic nitrogens is 2. The van der Waals surface area contributed by atoms with Crippen molar-refractivity contribution in [2.45, 2.75) is 33.0 Å². The molecule has 2 heterocycles. The van der Waals surface area contributed by atoms with E-state index >= 15 is 0 Å². The number of hydrogen-bond donors (Lipinski definition) is 0. The van der Waals surface area contributed by atoms with Crippen molar-refractivity contribution in [1.82, 2.24) is 19.0 Å². The van der Waals surface area contributed by atoms with E-state index in [2.05, 4.69) is 29.2 Å². The maximum absolute atomic E-state index is 12.3. The van der Waals surface area contributed by atoms with Crippen LogP contribution in [-0.4, -0.2) is 53.9 Å². The van der Waals surface area contributed by atoms with Crippen LogP contribution in [0, 0.1) is 0 Å². The molecule has 0 saturated heterocycles. The highest BCUT2D eigenvalue weighted by molar-refractivity contribution is 7.88. The number of methoxy groups -OCH3 is 1. The predicted molar refractivity (Wildman–Crippen MR) is 125 cm³/mol. The molecule has 0 fully saturated rings. The molecule has 1 aromatic heterocycles. The van der Waals surface area contributed by atoms with Gasteiger partial charge in [0, 0.05) is 38.2 Å². The topological polar surface area (TPSA) is 67.7 Å². The van der Waals surface area contributed by atoms with Gasteiger partial charge in [0.25, 0.3) is 0 Å². The Morgan fingerprint density at radius 1 is 1.09 bits per heavy atom. The summed E-state index contributed by atoms with van der Waals surface area (Å²) in [5.74, 6) is 0.790. The number of hydrogen-bond acceptors (Lipinski definition) is 5. The summed E-state index contributed by atoms with van der Waals surface area (Å²) < 4.78 is 33.2. The molecule has 0 saturated carbocycles. The smallest absolute Gasteiger partial charge is 0.211 e. The Hall–Kier alpha value is -2.68. The van der Waals surface area contributed by atoms with Crippen LogP contribution in [0.4, 0.5) is 0 Å². The molecule has 1 aliphatic heterocycles. The van der Waals surface area contributed by atoms with Crippen LogP contribution >= 0.6 is 0 Å². The highest BCUT2D eigenvalue weighted by Crippen LogP contribution is 2.28. The average molecular weight is 455 g/mol. The van der Waals surface area contributed by atoms with Gasteiger partial charge in [0.2, 0.25) is 10.0 Å². The molecule has 0 bridgehead atoms. The van der Waals surface area contributed by atoms with E-state index in [4.69, 9.17) is 9.84 Å². The summed E-state index contributed by atoms with van der Waals surface area (Å²) in [6.45, 7) is 5.08. The fourth-order valence-corrected chi connectivity index (χ4v) is 5.04. The quantitative estimate of drug-likeness (QED) is 0.523. The van der Waals surface area contributed by atoms with E-state index in [1.807, 2.05) is 41.9 Å². The minimum Gasteiger partial charge on any atom is -0.497 e. The van der Waals surface area contributed by atoms with Gasteiger partial charge in [0.1, 0.15) is 5.75 Å². The number of ether oxygens (including phenoxy) is 1. The predicted octanol–water partition coefficient (Wildman–Crippen LogP) is 3.22. The molecule has 0 N–H and O–H groups in total. The molecule has 0 spiro atoms. The zero-order valence-corrected chi connectivity index (χ0v) is 19.7. The molecular formula is C24H30N4O3S. The molecule has 2 aromatic carbocycles. The maximum atomic E-state index is 12.3. The average Bonchev–Trinajstić information content (AvgIpc) is 3.15. The van der Waals surface area contributed by atoms with E-state index in [1.165, 1.54) is 16.1 Å². The number of nitrogens with zero attached hydrogens (tertiary/aromatic N) is 4. The van der Waals surface area contributed by atoms with Gasteiger partial charge in [0.05, 0.1) is 37.0 Å². The molecule has 8 heteroatoms. The van der Waals surface area contributed by atoms with Crippen molar-refractivity contribution in [3.63, 3.8) is 0 Å².